The second kappa shape index (κ2) is 11.5. The molecule has 1 aromatic heterocycles. The summed E-state index contributed by atoms with van der Waals surface area (Å²) in [4.78, 5) is 8.94. The Hall–Kier alpha value is -2.65. The molecule has 180 valence electrons. The molecule has 0 radical (unpaired) electrons. The number of para-hydroxylation sites is 1. The van der Waals surface area contributed by atoms with Crippen molar-refractivity contribution in [3.05, 3.63) is 36.3 Å². The Labute approximate surface area is 194 Å². The Kier molecular flexibility index (Phi) is 8.17. The zero-order chi connectivity index (χ0) is 23.0. The summed E-state index contributed by atoms with van der Waals surface area (Å²) in [6.45, 7) is 1.60. The van der Waals surface area contributed by atoms with Crippen LogP contribution in [0.3, 0.4) is 0 Å². The molecule has 1 aliphatic heterocycles. The maximum absolute atomic E-state index is 14.3. The molecule has 1 aromatic carbocycles. The van der Waals surface area contributed by atoms with Crippen molar-refractivity contribution in [1.82, 2.24) is 9.97 Å². The normalized spacial score (nSPS) is 22.5. The number of aromatic nitrogens is 2. The average Bonchev–Trinajstić information content (AvgIpc) is 2.83. The van der Waals surface area contributed by atoms with Crippen LogP contribution in [0.5, 0.6) is 0 Å². The van der Waals surface area contributed by atoms with Gasteiger partial charge in [0.15, 0.2) is 5.82 Å². The number of aliphatic hydroxyl groups excluding tert-OH is 1. The monoisotopic (exact) mass is 458 g/mol. The molecule has 2 fully saturated rings. The summed E-state index contributed by atoms with van der Waals surface area (Å²) < 4.78 is 19.8. The van der Waals surface area contributed by atoms with Gasteiger partial charge < -0.3 is 31.5 Å². The molecule has 4 rings (SSSR count). The number of rotatable bonds is 9. The molecule has 1 unspecified atom stereocenters. The van der Waals surface area contributed by atoms with Gasteiger partial charge in [0.05, 0.1) is 29.8 Å². The Morgan fingerprint density at radius 3 is 2.61 bits per heavy atom. The van der Waals surface area contributed by atoms with Crippen LogP contribution in [0.4, 0.5) is 27.5 Å². The molecule has 33 heavy (non-hydrogen) atoms. The number of nitrogens with two attached hydrogens (primary N) is 1. The van der Waals surface area contributed by atoms with E-state index in [-0.39, 0.29) is 24.1 Å². The average molecular weight is 459 g/mol. The molecule has 6 N–H and O–H groups in total. The molecule has 1 atom stereocenters. The third-order valence-corrected chi connectivity index (χ3v) is 6.57. The fourth-order valence-electron chi connectivity index (χ4n) is 4.53. The number of nitrogens with zero attached hydrogens (tertiary/aromatic N) is 2. The molecule has 2 aliphatic rings. The van der Waals surface area contributed by atoms with Crippen molar-refractivity contribution < 1.29 is 14.2 Å². The van der Waals surface area contributed by atoms with Crippen molar-refractivity contribution >= 4 is 23.1 Å². The fourth-order valence-corrected chi connectivity index (χ4v) is 4.53. The number of nitrogens with one attached hydrogen (secondary N) is 3. The minimum atomic E-state index is -0.298. The summed E-state index contributed by atoms with van der Waals surface area (Å²) in [5.41, 5.74) is 7.06. The number of halogens is 1. The van der Waals surface area contributed by atoms with Crippen molar-refractivity contribution in [1.29, 1.82) is 0 Å². The molecule has 0 amide bonds. The van der Waals surface area contributed by atoms with Crippen molar-refractivity contribution in [2.45, 2.75) is 69.7 Å². The van der Waals surface area contributed by atoms with Crippen LogP contribution in [0.25, 0.3) is 0 Å². The Bertz CT molecular complexity index is 887. The molecule has 8 nitrogen and oxygen atoms in total. The Morgan fingerprint density at radius 2 is 1.85 bits per heavy atom. The van der Waals surface area contributed by atoms with E-state index in [1.807, 2.05) is 6.07 Å². The van der Waals surface area contributed by atoms with Crippen LogP contribution >= 0.6 is 0 Å². The van der Waals surface area contributed by atoms with Gasteiger partial charge in [-0.25, -0.2) is 9.37 Å². The third kappa shape index (κ3) is 6.91. The van der Waals surface area contributed by atoms with Gasteiger partial charge in [-0.3, -0.25) is 0 Å². The first kappa shape index (κ1) is 23.5. The first-order valence-electron chi connectivity index (χ1n) is 12.0. The largest absolute Gasteiger partial charge is 0.394 e. The van der Waals surface area contributed by atoms with E-state index in [4.69, 9.17) is 10.5 Å². The highest BCUT2D eigenvalue weighted by Crippen LogP contribution is 2.26. The van der Waals surface area contributed by atoms with E-state index in [0.717, 1.165) is 64.6 Å². The van der Waals surface area contributed by atoms with Gasteiger partial charge in [-0.1, -0.05) is 12.1 Å². The molecular weight excluding hydrogens is 423 g/mol. The van der Waals surface area contributed by atoms with Crippen LogP contribution < -0.4 is 21.7 Å². The zero-order valence-electron chi connectivity index (χ0n) is 19.0. The molecule has 2 aromatic rings. The van der Waals surface area contributed by atoms with E-state index in [9.17, 15) is 9.50 Å². The minimum Gasteiger partial charge on any atom is -0.394 e. The van der Waals surface area contributed by atoms with Gasteiger partial charge in [-0.05, 0) is 69.4 Å². The van der Waals surface area contributed by atoms with Gasteiger partial charge in [0.2, 0.25) is 5.95 Å². The van der Waals surface area contributed by atoms with Gasteiger partial charge in [-0.2, -0.15) is 4.98 Å². The highest BCUT2D eigenvalue weighted by atomic mass is 19.1. The lowest BCUT2D eigenvalue weighted by atomic mass is 9.93. The highest BCUT2D eigenvalue weighted by Gasteiger charge is 2.21. The summed E-state index contributed by atoms with van der Waals surface area (Å²) >= 11 is 0. The summed E-state index contributed by atoms with van der Waals surface area (Å²) in [5.74, 6) is 1.31. The second-order valence-corrected chi connectivity index (χ2v) is 9.10. The summed E-state index contributed by atoms with van der Waals surface area (Å²) in [7, 11) is 0. The SMILES string of the molecule is Nc1cnc(NC2CCC(O)CC2)nc1NC(CCC1CCOCC1)Nc1ccccc1F. The van der Waals surface area contributed by atoms with E-state index in [1.54, 1.807) is 18.3 Å². The van der Waals surface area contributed by atoms with Crippen molar-refractivity contribution in [2.24, 2.45) is 5.92 Å². The number of anilines is 4. The van der Waals surface area contributed by atoms with Gasteiger partial charge in [0.25, 0.3) is 0 Å². The van der Waals surface area contributed by atoms with Crippen molar-refractivity contribution in [3.8, 4) is 0 Å². The van der Waals surface area contributed by atoms with E-state index in [2.05, 4.69) is 25.9 Å². The topological polar surface area (TPSA) is 117 Å². The standard InChI is InChI=1S/C24H35FN6O2/c25-19-3-1-2-4-21(19)29-22(10-5-16-11-13-33-14-12-16)30-23-20(26)15-27-24(31-23)28-17-6-8-18(32)9-7-17/h1-4,15-18,22,29,32H,5-14,26H2,(H2,27,28,30,31). The number of aliphatic hydroxyl groups is 1. The lowest BCUT2D eigenvalue weighted by Crippen LogP contribution is -2.32. The highest BCUT2D eigenvalue weighted by molar-refractivity contribution is 5.63. The van der Waals surface area contributed by atoms with Crippen LogP contribution in [-0.4, -0.2) is 46.6 Å². The predicted molar refractivity (Wildman–Crippen MR) is 129 cm³/mol. The first-order chi connectivity index (χ1) is 16.1. The molecule has 0 spiro atoms. The number of benzene rings is 1. The Balaban J connectivity index is 1.44. The van der Waals surface area contributed by atoms with E-state index >= 15 is 0 Å². The lowest BCUT2D eigenvalue weighted by molar-refractivity contribution is 0.0631. The maximum Gasteiger partial charge on any atom is 0.224 e. The predicted octanol–water partition coefficient (Wildman–Crippen LogP) is 3.97. The molecule has 2 heterocycles. The number of nitrogen functional groups attached to an aromatic ring is 1. The van der Waals surface area contributed by atoms with E-state index in [1.165, 1.54) is 6.07 Å². The Morgan fingerprint density at radius 1 is 1.09 bits per heavy atom. The van der Waals surface area contributed by atoms with Crippen LogP contribution in [0.2, 0.25) is 0 Å². The quantitative estimate of drug-likeness (QED) is 0.358. The van der Waals surface area contributed by atoms with E-state index < -0.39 is 0 Å². The zero-order valence-corrected chi connectivity index (χ0v) is 19.0. The maximum atomic E-state index is 14.3. The summed E-state index contributed by atoms with van der Waals surface area (Å²) in [5, 5.41) is 19.8. The molecule has 1 saturated heterocycles. The number of ether oxygens (including phenoxy) is 1. The second-order valence-electron chi connectivity index (χ2n) is 9.10. The van der Waals surface area contributed by atoms with Crippen molar-refractivity contribution in [3.63, 3.8) is 0 Å². The van der Waals surface area contributed by atoms with Crippen LogP contribution in [0.15, 0.2) is 30.5 Å². The van der Waals surface area contributed by atoms with Crippen LogP contribution in [-0.2, 0) is 4.74 Å². The molecular formula is C24H35FN6O2. The molecule has 1 saturated carbocycles. The molecule has 9 heteroatoms. The number of hydrogen-bond donors (Lipinski definition) is 5. The molecule has 0 bridgehead atoms. The smallest absolute Gasteiger partial charge is 0.224 e. The van der Waals surface area contributed by atoms with Gasteiger partial charge in [-0.15, -0.1) is 0 Å². The minimum absolute atomic E-state index is 0.214. The summed E-state index contributed by atoms with van der Waals surface area (Å²) in [6.07, 6.45) is 8.30. The first-order valence-corrected chi connectivity index (χ1v) is 12.0. The molecule has 1 aliphatic carbocycles. The van der Waals surface area contributed by atoms with E-state index in [0.29, 0.717) is 29.1 Å². The van der Waals surface area contributed by atoms with Gasteiger partial charge >= 0.3 is 0 Å². The lowest BCUT2D eigenvalue weighted by Gasteiger charge is -2.28. The van der Waals surface area contributed by atoms with Crippen molar-refractivity contribution in [2.75, 3.05) is 34.9 Å². The van der Waals surface area contributed by atoms with Crippen LogP contribution in [0.1, 0.15) is 51.4 Å². The fraction of sp³-hybridized carbons (Fsp3) is 0.583. The third-order valence-electron chi connectivity index (χ3n) is 6.57. The summed E-state index contributed by atoms with van der Waals surface area (Å²) in [6, 6.07) is 6.89. The van der Waals surface area contributed by atoms with Gasteiger partial charge in [0, 0.05) is 19.3 Å². The van der Waals surface area contributed by atoms with Crippen LogP contribution in [0, 0.1) is 11.7 Å². The van der Waals surface area contributed by atoms with Gasteiger partial charge in [0.1, 0.15) is 5.82 Å². The number of hydrogen-bond acceptors (Lipinski definition) is 8.